The van der Waals surface area contributed by atoms with E-state index in [0.29, 0.717) is 76.8 Å². The Bertz CT molecular complexity index is 2070. The number of likely N-dealkylation sites (N-methyl/N-ethyl adjacent to an activating group) is 1. The lowest BCUT2D eigenvalue weighted by Crippen LogP contribution is -2.45. The number of benzene rings is 2. The van der Waals surface area contributed by atoms with Crippen LogP contribution >= 0.6 is 23.2 Å². The van der Waals surface area contributed by atoms with Crippen LogP contribution in [-0.2, 0) is 44.8 Å². The van der Waals surface area contributed by atoms with Crippen LogP contribution < -0.4 is 10.6 Å². The number of fused-ring (bicyclic) bond motifs is 2. The van der Waals surface area contributed by atoms with Crippen molar-refractivity contribution in [3.8, 4) is 11.1 Å². The van der Waals surface area contributed by atoms with E-state index in [2.05, 4.69) is 25.4 Å². The summed E-state index contributed by atoms with van der Waals surface area (Å²) in [4.78, 5) is 53.0. The van der Waals surface area contributed by atoms with Gasteiger partial charge in [0.05, 0.1) is 38.2 Å². The maximum Gasteiger partial charge on any atom is 0.309 e. The van der Waals surface area contributed by atoms with Gasteiger partial charge in [-0.2, -0.15) is 0 Å². The first-order valence-corrected chi connectivity index (χ1v) is 18.6. The van der Waals surface area contributed by atoms with E-state index in [1.54, 1.807) is 24.3 Å². The summed E-state index contributed by atoms with van der Waals surface area (Å²) >= 11 is 13.8. The maximum absolute atomic E-state index is 13.7. The smallest absolute Gasteiger partial charge is 0.309 e. The third-order valence-corrected chi connectivity index (χ3v) is 12.3. The highest BCUT2D eigenvalue weighted by molar-refractivity contribution is 6.40. The molecule has 274 valence electrons. The number of aromatic nitrogens is 4. The van der Waals surface area contributed by atoms with Crippen molar-refractivity contribution in [2.75, 3.05) is 30.8 Å². The van der Waals surface area contributed by atoms with E-state index >= 15 is 0 Å². The van der Waals surface area contributed by atoms with Crippen LogP contribution in [-0.4, -0.2) is 78.0 Å². The molecule has 2 aliphatic heterocycles. The number of imidazole rings is 2. The van der Waals surface area contributed by atoms with Gasteiger partial charge in [-0.1, -0.05) is 54.4 Å². The largest absolute Gasteiger partial charge is 0.481 e. The Balaban J connectivity index is 1.06. The third-order valence-electron chi connectivity index (χ3n) is 11.5. The predicted molar refractivity (Wildman–Crippen MR) is 201 cm³/mol. The lowest BCUT2D eigenvalue weighted by Gasteiger charge is -2.42. The van der Waals surface area contributed by atoms with Gasteiger partial charge < -0.3 is 29.8 Å². The fourth-order valence-corrected chi connectivity index (χ4v) is 8.74. The summed E-state index contributed by atoms with van der Waals surface area (Å²) in [6.07, 6.45) is 5.26. The normalized spacial score (nSPS) is 20.6. The van der Waals surface area contributed by atoms with Crippen LogP contribution in [0.15, 0.2) is 36.4 Å². The minimum atomic E-state index is -0.687. The quantitative estimate of drug-likeness (QED) is 0.188. The second kappa shape index (κ2) is 14.3. The van der Waals surface area contributed by atoms with Crippen LogP contribution in [0.3, 0.4) is 0 Å². The van der Waals surface area contributed by atoms with E-state index in [4.69, 9.17) is 28.2 Å². The molecule has 4 aromatic rings. The number of hydrogen-bond acceptors (Lipinski definition) is 7. The van der Waals surface area contributed by atoms with Crippen molar-refractivity contribution in [2.45, 2.75) is 71.0 Å². The molecular weight excluding hydrogens is 703 g/mol. The molecule has 4 heterocycles. The fourth-order valence-electron chi connectivity index (χ4n) is 8.19. The van der Waals surface area contributed by atoms with E-state index in [1.165, 1.54) is 0 Å². The molecule has 0 bridgehead atoms. The molecule has 0 radical (unpaired) electrons. The second-order valence-corrected chi connectivity index (χ2v) is 15.2. The molecule has 2 amide bonds. The van der Waals surface area contributed by atoms with Crippen LogP contribution in [0.4, 0.5) is 11.4 Å². The molecule has 1 aliphatic carbocycles. The molecule has 3 aliphatic rings. The van der Waals surface area contributed by atoms with Gasteiger partial charge in [-0.3, -0.25) is 19.3 Å². The van der Waals surface area contributed by atoms with Crippen molar-refractivity contribution in [1.29, 1.82) is 0 Å². The number of anilines is 2. The molecule has 12 nitrogen and oxygen atoms in total. The van der Waals surface area contributed by atoms with Crippen molar-refractivity contribution in [3.63, 3.8) is 0 Å². The standard InChI is InChI=1S/C38H44Cl2N8O4/c1-5-38(37(51)52)16-12-22(13-17-38)48-19-15-30-28(21-48)42-34(47(30)4)36(50)44-26-11-7-9-24(32(26)40)23-8-6-10-25(31(23)39)43-35(49)33-41-27-20-45(2)18-14-29(27)46(33)3/h6-11,22H,5,12-21H2,1-4H3,(H,43,49)(H,44,50)(H,51,52). The van der Waals surface area contributed by atoms with E-state index in [-0.39, 0.29) is 17.6 Å². The zero-order valence-corrected chi connectivity index (χ0v) is 31.4. The van der Waals surface area contributed by atoms with Gasteiger partial charge in [0, 0.05) is 81.7 Å². The lowest BCUT2D eigenvalue weighted by atomic mass is 9.70. The van der Waals surface area contributed by atoms with Crippen LogP contribution in [0.2, 0.25) is 10.0 Å². The zero-order chi connectivity index (χ0) is 36.9. The number of amides is 2. The van der Waals surface area contributed by atoms with Crippen molar-refractivity contribution in [1.82, 2.24) is 28.9 Å². The SMILES string of the molecule is CCC1(C(=O)O)CCC(N2CCc3c(nc(C(=O)Nc4cccc(-c5cccc(NC(=O)c6nc7c(n6C)CCN(C)C7)c5Cl)c4Cl)n3C)C2)CC1. The molecule has 1 fully saturated rings. The van der Waals surface area contributed by atoms with Gasteiger partial charge in [0.1, 0.15) is 0 Å². The Hall–Kier alpha value is -4.23. The van der Waals surface area contributed by atoms with Crippen LogP contribution in [0, 0.1) is 5.41 Å². The Kier molecular flexibility index (Phi) is 9.94. The summed E-state index contributed by atoms with van der Waals surface area (Å²) in [5.41, 5.74) is 5.24. The number of carbonyl (C=O) groups is 3. The topological polar surface area (TPSA) is 138 Å². The minimum absolute atomic E-state index is 0.290. The summed E-state index contributed by atoms with van der Waals surface area (Å²) in [5, 5.41) is 16.3. The van der Waals surface area contributed by atoms with Crippen molar-refractivity contribution in [2.24, 2.45) is 19.5 Å². The Morgan fingerprint density at radius 1 is 0.808 bits per heavy atom. The Morgan fingerprint density at radius 2 is 1.31 bits per heavy atom. The highest BCUT2D eigenvalue weighted by Gasteiger charge is 2.42. The summed E-state index contributed by atoms with van der Waals surface area (Å²) < 4.78 is 3.70. The van der Waals surface area contributed by atoms with Gasteiger partial charge in [0.25, 0.3) is 11.8 Å². The Morgan fingerprint density at radius 3 is 1.81 bits per heavy atom. The summed E-state index contributed by atoms with van der Waals surface area (Å²) in [6, 6.07) is 11.0. The first-order valence-electron chi connectivity index (χ1n) is 17.9. The first kappa shape index (κ1) is 36.1. The van der Waals surface area contributed by atoms with Crippen molar-refractivity contribution >= 4 is 52.4 Å². The number of carboxylic acids is 1. The molecule has 0 unspecified atom stereocenters. The Labute approximate surface area is 313 Å². The fraction of sp³-hybridized carbons (Fsp3) is 0.447. The van der Waals surface area contributed by atoms with Gasteiger partial charge in [-0.15, -0.1) is 0 Å². The van der Waals surface area contributed by atoms with Crippen molar-refractivity contribution < 1.29 is 19.5 Å². The highest BCUT2D eigenvalue weighted by atomic mass is 35.5. The van der Waals surface area contributed by atoms with Gasteiger partial charge in [-0.25, -0.2) is 9.97 Å². The number of nitrogens with zero attached hydrogens (tertiary/aromatic N) is 6. The molecule has 0 atom stereocenters. The predicted octanol–water partition coefficient (Wildman–Crippen LogP) is 6.40. The van der Waals surface area contributed by atoms with Gasteiger partial charge in [-0.05, 0) is 51.3 Å². The average molecular weight is 748 g/mol. The monoisotopic (exact) mass is 746 g/mol. The number of halogens is 2. The van der Waals surface area contributed by atoms with Crippen LogP contribution in [0.5, 0.6) is 0 Å². The summed E-state index contributed by atoms with van der Waals surface area (Å²) in [5.74, 6) is -0.820. The molecule has 3 N–H and O–H groups in total. The highest BCUT2D eigenvalue weighted by Crippen LogP contribution is 2.42. The van der Waals surface area contributed by atoms with Gasteiger partial charge >= 0.3 is 5.97 Å². The minimum Gasteiger partial charge on any atom is -0.481 e. The van der Waals surface area contributed by atoms with Crippen LogP contribution in [0.1, 0.15) is 83.0 Å². The number of rotatable bonds is 8. The summed E-state index contributed by atoms with van der Waals surface area (Å²) in [7, 11) is 5.75. The number of carbonyl (C=O) groups excluding carboxylic acids is 2. The molecular formula is C38H44Cl2N8O4. The number of carboxylic acid groups (broad SMARTS) is 1. The molecule has 2 aromatic heterocycles. The van der Waals surface area contributed by atoms with E-state index in [0.717, 1.165) is 61.5 Å². The van der Waals surface area contributed by atoms with E-state index in [9.17, 15) is 19.5 Å². The van der Waals surface area contributed by atoms with E-state index in [1.807, 2.05) is 49.3 Å². The number of nitrogens with one attached hydrogen (secondary N) is 2. The molecule has 0 saturated heterocycles. The maximum atomic E-state index is 13.7. The first-order chi connectivity index (χ1) is 24.9. The van der Waals surface area contributed by atoms with Crippen molar-refractivity contribution in [3.05, 3.63) is 80.9 Å². The lowest BCUT2D eigenvalue weighted by molar-refractivity contribution is -0.152. The molecule has 1 saturated carbocycles. The molecule has 7 rings (SSSR count). The molecule has 2 aromatic carbocycles. The zero-order valence-electron chi connectivity index (χ0n) is 29.9. The molecule has 0 spiro atoms. The summed E-state index contributed by atoms with van der Waals surface area (Å²) in [6.45, 7) is 5.02. The third kappa shape index (κ3) is 6.50. The molecule has 14 heteroatoms. The number of aliphatic carboxylic acids is 1. The average Bonchev–Trinajstić information content (AvgIpc) is 3.65. The molecule has 52 heavy (non-hydrogen) atoms. The number of hydrogen-bond donors (Lipinski definition) is 3. The van der Waals surface area contributed by atoms with Gasteiger partial charge in [0.2, 0.25) is 0 Å². The van der Waals surface area contributed by atoms with Gasteiger partial charge in [0.15, 0.2) is 11.6 Å². The van der Waals surface area contributed by atoms with Crippen LogP contribution in [0.25, 0.3) is 11.1 Å². The second-order valence-electron chi connectivity index (χ2n) is 14.4. The van der Waals surface area contributed by atoms with E-state index < -0.39 is 11.4 Å².